The van der Waals surface area contributed by atoms with E-state index in [1.54, 1.807) is 0 Å². The minimum absolute atomic E-state index is 0.246. The minimum atomic E-state index is 0.246. The summed E-state index contributed by atoms with van der Waals surface area (Å²) in [6, 6.07) is 1.39. The van der Waals surface area contributed by atoms with E-state index in [2.05, 4.69) is 31.0 Å². The topological polar surface area (TPSA) is 24.5 Å². The van der Waals surface area contributed by atoms with Crippen molar-refractivity contribution in [2.45, 2.75) is 89.4 Å². The molecule has 0 aromatic carbocycles. The maximum Gasteiger partial charge on any atom is 0.0728 e. The summed E-state index contributed by atoms with van der Waals surface area (Å²) in [6.45, 7) is 10.4. The second-order valence-electron chi connectivity index (χ2n) is 7.75. The number of hydrogen-bond acceptors (Lipinski definition) is 3. The van der Waals surface area contributed by atoms with Gasteiger partial charge in [0, 0.05) is 37.3 Å². The summed E-state index contributed by atoms with van der Waals surface area (Å²) in [7, 11) is 0. The molecule has 21 heavy (non-hydrogen) atoms. The Morgan fingerprint density at radius 1 is 1.24 bits per heavy atom. The molecule has 4 unspecified atom stereocenters. The third kappa shape index (κ3) is 3.02. The van der Waals surface area contributed by atoms with Crippen LogP contribution in [0, 0.1) is 5.92 Å². The van der Waals surface area contributed by atoms with Crippen LogP contribution in [0.3, 0.4) is 0 Å². The van der Waals surface area contributed by atoms with Crippen molar-refractivity contribution in [1.82, 2.24) is 10.2 Å². The van der Waals surface area contributed by atoms with E-state index >= 15 is 0 Å². The molecule has 3 aliphatic rings. The van der Waals surface area contributed by atoms with Crippen LogP contribution in [-0.4, -0.2) is 48.3 Å². The maximum absolute atomic E-state index is 5.93. The molecule has 2 aliphatic heterocycles. The molecule has 3 fully saturated rings. The van der Waals surface area contributed by atoms with Crippen LogP contribution in [0.5, 0.6) is 0 Å². The van der Waals surface area contributed by atoms with Gasteiger partial charge < -0.3 is 10.1 Å². The first-order chi connectivity index (χ1) is 10.1. The molecule has 122 valence electrons. The minimum Gasteiger partial charge on any atom is -0.377 e. The van der Waals surface area contributed by atoms with Gasteiger partial charge in [-0.15, -0.1) is 0 Å². The van der Waals surface area contributed by atoms with Gasteiger partial charge in [0.25, 0.3) is 0 Å². The van der Waals surface area contributed by atoms with E-state index in [9.17, 15) is 0 Å². The second kappa shape index (κ2) is 6.55. The van der Waals surface area contributed by atoms with Gasteiger partial charge in [0.1, 0.15) is 0 Å². The molecule has 4 atom stereocenters. The molecule has 1 aliphatic carbocycles. The monoisotopic (exact) mass is 294 g/mol. The molecular weight excluding hydrogens is 260 g/mol. The number of ether oxygens (including phenoxy) is 1. The molecule has 1 saturated carbocycles. The summed E-state index contributed by atoms with van der Waals surface area (Å²) in [5.41, 5.74) is 0.246. The van der Waals surface area contributed by atoms with Crippen LogP contribution in [0.25, 0.3) is 0 Å². The molecule has 0 bridgehead atoms. The summed E-state index contributed by atoms with van der Waals surface area (Å²) in [6.07, 6.45) is 10.0. The summed E-state index contributed by atoms with van der Waals surface area (Å²) < 4.78 is 5.93. The molecule has 3 rings (SSSR count). The largest absolute Gasteiger partial charge is 0.377 e. The Balaban J connectivity index is 1.72. The standard InChI is InChI=1S/C18H34N2O/c1-4-16-12-19-17(15-8-6-5-7-9-15)13-20(16)18(3)10-11-21-14(18)2/h14-17,19H,4-13H2,1-3H3. The lowest BCUT2D eigenvalue weighted by Gasteiger charge is -2.51. The molecule has 0 spiro atoms. The van der Waals surface area contributed by atoms with Crippen LogP contribution in [0.4, 0.5) is 0 Å². The molecule has 2 heterocycles. The van der Waals surface area contributed by atoms with E-state index in [4.69, 9.17) is 4.74 Å². The Morgan fingerprint density at radius 3 is 2.62 bits per heavy atom. The Hall–Kier alpha value is -0.120. The van der Waals surface area contributed by atoms with Gasteiger partial charge in [-0.3, -0.25) is 4.90 Å². The Labute approximate surface area is 130 Å². The molecule has 3 heteroatoms. The quantitative estimate of drug-likeness (QED) is 0.865. The summed E-state index contributed by atoms with van der Waals surface area (Å²) in [5.74, 6) is 0.903. The first kappa shape index (κ1) is 15.8. The van der Waals surface area contributed by atoms with E-state index < -0.39 is 0 Å². The van der Waals surface area contributed by atoms with Crippen LogP contribution in [0.2, 0.25) is 0 Å². The van der Waals surface area contributed by atoms with Gasteiger partial charge in [-0.05, 0) is 45.4 Å². The highest BCUT2D eigenvalue weighted by Crippen LogP contribution is 2.37. The van der Waals surface area contributed by atoms with Gasteiger partial charge in [-0.25, -0.2) is 0 Å². The first-order valence-electron chi connectivity index (χ1n) is 9.27. The average Bonchev–Trinajstić information content (AvgIpc) is 2.88. The molecule has 0 amide bonds. The lowest BCUT2D eigenvalue weighted by atomic mass is 9.80. The molecule has 1 N–H and O–H groups in total. The molecular formula is C18H34N2O. The van der Waals surface area contributed by atoms with Crippen molar-refractivity contribution in [3.63, 3.8) is 0 Å². The zero-order valence-electron chi connectivity index (χ0n) is 14.2. The van der Waals surface area contributed by atoms with E-state index in [1.807, 2.05) is 0 Å². The first-order valence-corrected chi connectivity index (χ1v) is 9.27. The zero-order chi connectivity index (χ0) is 14.9. The smallest absolute Gasteiger partial charge is 0.0728 e. The SMILES string of the molecule is CCC1CNC(C2CCCCC2)CN1C1(C)CCOC1C. The van der Waals surface area contributed by atoms with Crippen LogP contribution < -0.4 is 5.32 Å². The number of piperazine rings is 1. The van der Waals surface area contributed by atoms with E-state index in [1.165, 1.54) is 58.0 Å². The van der Waals surface area contributed by atoms with Gasteiger partial charge in [-0.1, -0.05) is 26.2 Å². The number of nitrogens with zero attached hydrogens (tertiary/aromatic N) is 1. The normalized spacial score (nSPS) is 43.3. The molecule has 3 nitrogen and oxygen atoms in total. The van der Waals surface area contributed by atoms with E-state index in [-0.39, 0.29) is 5.54 Å². The highest BCUT2D eigenvalue weighted by Gasteiger charge is 2.47. The predicted octanol–water partition coefficient (Wildman–Crippen LogP) is 3.19. The van der Waals surface area contributed by atoms with Crippen molar-refractivity contribution >= 4 is 0 Å². The van der Waals surface area contributed by atoms with Crippen molar-refractivity contribution in [2.75, 3.05) is 19.7 Å². The highest BCUT2D eigenvalue weighted by molar-refractivity contribution is 5.02. The number of hydrogen-bond donors (Lipinski definition) is 1. The van der Waals surface area contributed by atoms with Crippen molar-refractivity contribution in [1.29, 1.82) is 0 Å². The predicted molar refractivity (Wildman–Crippen MR) is 87.6 cm³/mol. The van der Waals surface area contributed by atoms with Crippen LogP contribution >= 0.6 is 0 Å². The third-order valence-electron chi connectivity index (χ3n) is 6.65. The third-order valence-corrected chi connectivity index (χ3v) is 6.65. The summed E-state index contributed by atoms with van der Waals surface area (Å²) >= 11 is 0. The van der Waals surface area contributed by atoms with Crippen LogP contribution in [0.15, 0.2) is 0 Å². The summed E-state index contributed by atoms with van der Waals surface area (Å²) in [4.78, 5) is 2.82. The van der Waals surface area contributed by atoms with Crippen molar-refractivity contribution in [3.8, 4) is 0 Å². The number of rotatable bonds is 3. The molecule has 0 aromatic heterocycles. The van der Waals surface area contributed by atoms with Gasteiger partial charge >= 0.3 is 0 Å². The summed E-state index contributed by atoms with van der Waals surface area (Å²) in [5, 5.41) is 3.89. The van der Waals surface area contributed by atoms with Crippen molar-refractivity contribution < 1.29 is 4.74 Å². The van der Waals surface area contributed by atoms with Gasteiger partial charge in [0.2, 0.25) is 0 Å². The van der Waals surface area contributed by atoms with Crippen LogP contribution in [-0.2, 0) is 4.74 Å². The van der Waals surface area contributed by atoms with E-state index in [0.29, 0.717) is 18.2 Å². The fourth-order valence-corrected chi connectivity index (χ4v) is 4.87. The van der Waals surface area contributed by atoms with Crippen LogP contribution in [0.1, 0.15) is 65.7 Å². The van der Waals surface area contributed by atoms with Gasteiger partial charge in [0.15, 0.2) is 0 Å². The van der Waals surface area contributed by atoms with Gasteiger partial charge in [0.05, 0.1) is 6.10 Å². The number of nitrogens with one attached hydrogen (secondary N) is 1. The Kier molecular flexibility index (Phi) is 4.92. The highest BCUT2D eigenvalue weighted by atomic mass is 16.5. The molecule has 2 saturated heterocycles. The van der Waals surface area contributed by atoms with Crippen molar-refractivity contribution in [3.05, 3.63) is 0 Å². The molecule has 0 radical (unpaired) electrons. The van der Waals surface area contributed by atoms with E-state index in [0.717, 1.165) is 12.5 Å². The lowest BCUT2D eigenvalue weighted by Crippen LogP contribution is -2.66. The fraction of sp³-hybridized carbons (Fsp3) is 1.00. The lowest BCUT2D eigenvalue weighted by molar-refractivity contribution is -0.0337. The molecule has 0 aromatic rings. The Bertz CT molecular complexity index is 342. The maximum atomic E-state index is 5.93. The fourth-order valence-electron chi connectivity index (χ4n) is 4.87. The zero-order valence-corrected chi connectivity index (χ0v) is 14.2. The van der Waals surface area contributed by atoms with Gasteiger partial charge in [-0.2, -0.15) is 0 Å². The average molecular weight is 294 g/mol. The second-order valence-corrected chi connectivity index (χ2v) is 7.75. The Morgan fingerprint density at radius 2 is 2.00 bits per heavy atom. The van der Waals surface area contributed by atoms with Crippen molar-refractivity contribution in [2.24, 2.45) is 5.92 Å².